The van der Waals surface area contributed by atoms with Crippen molar-refractivity contribution >= 4 is 53.3 Å². The highest BCUT2D eigenvalue weighted by molar-refractivity contribution is 14.0. The Balaban J connectivity index is 0.00000242. The standard InChI is InChI=1S/C15H22ClN3OS.HI/c1-17-15(19-10-13-4-3-7-21-13)18-9-11-8-12(16)5-6-14(11)20-2;/h5-6,8,13H,3-4,7,9-10H2,1-2H3,(H2,17,18,19);1H. The van der Waals surface area contributed by atoms with Crippen molar-refractivity contribution < 1.29 is 4.74 Å². The van der Waals surface area contributed by atoms with Gasteiger partial charge in [0.2, 0.25) is 0 Å². The van der Waals surface area contributed by atoms with E-state index in [0.717, 1.165) is 23.8 Å². The van der Waals surface area contributed by atoms with Crippen molar-refractivity contribution in [3.05, 3.63) is 28.8 Å². The second-order valence-electron chi connectivity index (χ2n) is 4.90. The van der Waals surface area contributed by atoms with Crippen LogP contribution in [-0.4, -0.2) is 37.7 Å². The topological polar surface area (TPSA) is 45.7 Å². The molecule has 2 N–H and O–H groups in total. The van der Waals surface area contributed by atoms with Gasteiger partial charge in [0.15, 0.2) is 5.96 Å². The van der Waals surface area contributed by atoms with Crippen LogP contribution in [-0.2, 0) is 6.54 Å². The minimum atomic E-state index is 0. The van der Waals surface area contributed by atoms with Crippen molar-refractivity contribution in [1.29, 1.82) is 0 Å². The van der Waals surface area contributed by atoms with Crippen LogP contribution in [0.5, 0.6) is 5.75 Å². The number of benzene rings is 1. The molecule has 0 aliphatic carbocycles. The number of nitrogens with zero attached hydrogens (tertiary/aromatic N) is 1. The Hall–Kier alpha value is -0.340. The molecule has 0 radical (unpaired) electrons. The Labute approximate surface area is 158 Å². The molecular weight excluding hydrogens is 433 g/mol. The van der Waals surface area contributed by atoms with Crippen molar-refractivity contribution in [2.45, 2.75) is 24.6 Å². The minimum Gasteiger partial charge on any atom is -0.496 e. The highest BCUT2D eigenvalue weighted by Gasteiger charge is 2.15. The van der Waals surface area contributed by atoms with Crippen LogP contribution in [0.2, 0.25) is 5.02 Å². The molecule has 1 aromatic carbocycles. The van der Waals surface area contributed by atoms with Gasteiger partial charge in [0.25, 0.3) is 0 Å². The number of thioether (sulfide) groups is 1. The summed E-state index contributed by atoms with van der Waals surface area (Å²) < 4.78 is 5.35. The lowest BCUT2D eigenvalue weighted by atomic mass is 10.2. The third-order valence-electron chi connectivity index (χ3n) is 3.43. The third kappa shape index (κ3) is 6.04. The summed E-state index contributed by atoms with van der Waals surface area (Å²) in [4.78, 5) is 4.25. The van der Waals surface area contributed by atoms with Crippen molar-refractivity contribution in [2.75, 3.05) is 26.5 Å². The van der Waals surface area contributed by atoms with Crippen LogP contribution < -0.4 is 15.4 Å². The maximum absolute atomic E-state index is 6.04. The molecule has 0 saturated carbocycles. The van der Waals surface area contributed by atoms with E-state index in [4.69, 9.17) is 16.3 Å². The second-order valence-corrected chi connectivity index (χ2v) is 6.74. The van der Waals surface area contributed by atoms with E-state index in [0.29, 0.717) is 16.8 Å². The number of hydrogen-bond donors (Lipinski definition) is 2. The van der Waals surface area contributed by atoms with Gasteiger partial charge in [-0.15, -0.1) is 24.0 Å². The van der Waals surface area contributed by atoms with Crippen molar-refractivity contribution in [1.82, 2.24) is 10.6 Å². The van der Waals surface area contributed by atoms with Gasteiger partial charge in [-0.05, 0) is 36.8 Å². The minimum absolute atomic E-state index is 0. The first-order valence-electron chi connectivity index (χ1n) is 7.11. The van der Waals surface area contributed by atoms with Gasteiger partial charge in [-0.2, -0.15) is 11.8 Å². The second kappa shape index (κ2) is 10.4. The summed E-state index contributed by atoms with van der Waals surface area (Å²) in [6, 6.07) is 5.62. The fraction of sp³-hybridized carbons (Fsp3) is 0.533. The first-order chi connectivity index (χ1) is 10.2. The lowest BCUT2D eigenvalue weighted by Gasteiger charge is -2.16. The van der Waals surface area contributed by atoms with Gasteiger partial charge in [-0.1, -0.05) is 11.6 Å². The van der Waals surface area contributed by atoms with Gasteiger partial charge in [-0.3, -0.25) is 4.99 Å². The van der Waals surface area contributed by atoms with Gasteiger partial charge in [0.1, 0.15) is 5.75 Å². The summed E-state index contributed by atoms with van der Waals surface area (Å²) in [6.45, 7) is 1.58. The van der Waals surface area contributed by atoms with Crippen LogP contribution in [0.3, 0.4) is 0 Å². The van der Waals surface area contributed by atoms with E-state index in [2.05, 4.69) is 15.6 Å². The summed E-state index contributed by atoms with van der Waals surface area (Å²) >= 11 is 8.07. The monoisotopic (exact) mass is 455 g/mol. The molecule has 0 amide bonds. The van der Waals surface area contributed by atoms with E-state index < -0.39 is 0 Å². The first kappa shape index (κ1) is 19.7. The van der Waals surface area contributed by atoms with Gasteiger partial charge >= 0.3 is 0 Å². The van der Waals surface area contributed by atoms with Crippen LogP contribution in [0.25, 0.3) is 0 Å². The summed E-state index contributed by atoms with van der Waals surface area (Å²) in [7, 11) is 3.45. The highest BCUT2D eigenvalue weighted by atomic mass is 127. The molecule has 1 fully saturated rings. The first-order valence-corrected chi connectivity index (χ1v) is 8.54. The molecule has 124 valence electrons. The smallest absolute Gasteiger partial charge is 0.191 e. The van der Waals surface area contributed by atoms with Crippen LogP contribution in [0.15, 0.2) is 23.2 Å². The normalized spacial score (nSPS) is 17.8. The lowest BCUT2D eigenvalue weighted by molar-refractivity contribution is 0.409. The van der Waals surface area contributed by atoms with Crippen molar-refractivity contribution in [2.24, 2.45) is 4.99 Å². The molecule has 1 saturated heterocycles. The summed E-state index contributed by atoms with van der Waals surface area (Å²) in [5.41, 5.74) is 1.02. The molecule has 7 heteroatoms. The molecule has 1 aromatic rings. The lowest BCUT2D eigenvalue weighted by Crippen LogP contribution is -2.39. The predicted octanol–water partition coefficient (Wildman–Crippen LogP) is 3.53. The molecule has 1 aliphatic rings. The number of rotatable bonds is 5. The molecule has 1 heterocycles. The van der Waals surface area contributed by atoms with Crippen molar-refractivity contribution in [3.63, 3.8) is 0 Å². The third-order valence-corrected chi connectivity index (χ3v) is 5.07. The zero-order valence-electron chi connectivity index (χ0n) is 12.9. The molecule has 0 spiro atoms. The highest BCUT2D eigenvalue weighted by Crippen LogP contribution is 2.25. The molecule has 1 unspecified atom stereocenters. The Bertz CT molecular complexity index is 496. The number of halogens is 2. The molecule has 1 atom stereocenters. The van der Waals surface area contributed by atoms with Gasteiger partial charge < -0.3 is 15.4 Å². The van der Waals surface area contributed by atoms with Gasteiger partial charge in [-0.25, -0.2) is 0 Å². The molecule has 4 nitrogen and oxygen atoms in total. The number of hydrogen-bond acceptors (Lipinski definition) is 3. The maximum Gasteiger partial charge on any atom is 0.191 e. The van der Waals surface area contributed by atoms with E-state index in [1.807, 2.05) is 30.0 Å². The molecule has 1 aliphatic heterocycles. The van der Waals surface area contributed by atoms with Crippen molar-refractivity contribution in [3.8, 4) is 5.75 Å². The largest absolute Gasteiger partial charge is 0.496 e. The fourth-order valence-electron chi connectivity index (χ4n) is 2.30. The van der Waals surface area contributed by atoms with E-state index in [1.165, 1.54) is 18.6 Å². The Kier molecular flexibility index (Phi) is 9.35. The molecule has 2 rings (SSSR count). The van der Waals surface area contributed by atoms with E-state index in [9.17, 15) is 0 Å². The summed E-state index contributed by atoms with van der Waals surface area (Å²) in [5, 5.41) is 8.09. The number of ether oxygens (including phenoxy) is 1. The number of methoxy groups -OCH3 is 1. The SMILES string of the molecule is CN=C(NCc1cc(Cl)ccc1OC)NCC1CCCS1.I. The summed E-state index contributed by atoms with van der Waals surface area (Å²) in [5.74, 6) is 2.91. The van der Waals surface area contributed by atoms with Gasteiger partial charge in [0, 0.05) is 36.0 Å². The average Bonchev–Trinajstić information content (AvgIpc) is 3.01. The van der Waals surface area contributed by atoms with E-state index in [1.54, 1.807) is 14.2 Å². The zero-order chi connectivity index (χ0) is 15.1. The van der Waals surface area contributed by atoms with E-state index >= 15 is 0 Å². The molecule has 0 aromatic heterocycles. The predicted molar refractivity (Wildman–Crippen MR) is 107 cm³/mol. The Morgan fingerprint density at radius 2 is 2.27 bits per heavy atom. The molecular formula is C15H23ClIN3OS. The Morgan fingerprint density at radius 1 is 1.45 bits per heavy atom. The fourth-order valence-corrected chi connectivity index (χ4v) is 3.70. The average molecular weight is 456 g/mol. The maximum atomic E-state index is 6.04. The van der Waals surface area contributed by atoms with Crippen LogP contribution in [0.4, 0.5) is 0 Å². The molecule has 0 bridgehead atoms. The Morgan fingerprint density at radius 3 is 2.91 bits per heavy atom. The zero-order valence-corrected chi connectivity index (χ0v) is 16.8. The van der Waals surface area contributed by atoms with E-state index in [-0.39, 0.29) is 24.0 Å². The van der Waals surface area contributed by atoms with Gasteiger partial charge in [0.05, 0.1) is 7.11 Å². The van der Waals surface area contributed by atoms with Crippen LogP contribution in [0, 0.1) is 0 Å². The number of guanidine groups is 1. The van der Waals surface area contributed by atoms with Crippen LogP contribution in [0.1, 0.15) is 18.4 Å². The number of nitrogens with one attached hydrogen (secondary N) is 2. The number of aliphatic imine (C=N–C) groups is 1. The van der Waals surface area contributed by atoms with Crippen LogP contribution >= 0.6 is 47.3 Å². The molecule has 22 heavy (non-hydrogen) atoms. The quantitative estimate of drug-likeness (QED) is 0.405. The summed E-state index contributed by atoms with van der Waals surface area (Å²) in [6.07, 6.45) is 2.61.